The molecule has 2 rings (SSSR count). The van der Waals surface area contributed by atoms with Crippen molar-refractivity contribution in [1.82, 2.24) is 10.6 Å². The molecule has 0 radical (unpaired) electrons. The number of rotatable bonds is 4. The maximum absolute atomic E-state index is 5.21. The van der Waals surface area contributed by atoms with E-state index in [9.17, 15) is 0 Å². The van der Waals surface area contributed by atoms with Crippen LogP contribution in [0.3, 0.4) is 0 Å². The molecule has 80 valence electrons. The minimum atomic E-state index is 0.436. The molecular weight excluding hydrogens is 192 g/mol. The summed E-state index contributed by atoms with van der Waals surface area (Å²) < 4.78 is 0. The summed E-state index contributed by atoms with van der Waals surface area (Å²) in [5.41, 5.74) is 0.642. The van der Waals surface area contributed by atoms with Crippen LogP contribution in [0.1, 0.15) is 39.5 Å². The summed E-state index contributed by atoms with van der Waals surface area (Å²) in [4.78, 5) is 0. The zero-order valence-electron chi connectivity index (χ0n) is 9.10. The highest BCUT2D eigenvalue weighted by Crippen LogP contribution is 2.60. The maximum atomic E-state index is 5.21. The Bertz CT molecular complexity index is 229. The van der Waals surface area contributed by atoms with Crippen LogP contribution in [0.4, 0.5) is 0 Å². The molecule has 0 aromatic carbocycles. The lowest BCUT2D eigenvalue weighted by Gasteiger charge is -2.18. The van der Waals surface area contributed by atoms with Crippen molar-refractivity contribution in [1.29, 1.82) is 0 Å². The van der Waals surface area contributed by atoms with Crippen LogP contribution in [0.5, 0.6) is 0 Å². The van der Waals surface area contributed by atoms with Gasteiger partial charge in [0.1, 0.15) is 0 Å². The molecule has 0 bridgehead atoms. The van der Waals surface area contributed by atoms with Crippen molar-refractivity contribution in [3.05, 3.63) is 0 Å². The Labute approximate surface area is 91.8 Å². The zero-order chi connectivity index (χ0) is 10.2. The van der Waals surface area contributed by atoms with E-state index in [1.165, 1.54) is 25.7 Å². The fraction of sp³-hybridized carbons (Fsp3) is 0.909. The third-order valence-corrected chi connectivity index (χ3v) is 3.62. The molecule has 2 aliphatic carbocycles. The Kier molecular flexibility index (Phi) is 2.69. The van der Waals surface area contributed by atoms with Gasteiger partial charge in [-0.25, -0.2) is 0 Å². The molecule has 0 atom stereocenters. The molecule has 0 saturated heterocycles. The van der Waals surface area contributed by atoms with E-state index in [1.54, 1.807) is 0 Å². The molecule has 0 amide bonds. The topological polar surface area (TPSA) is 24.1 Å². The Hall–Kier alpha value is -0.310. The second kappa shape index (κ2) is 3.69. The van der Waals surface area contributed by atoms with Gasteiger partial charge in [0.15, 0.2) is 5.11 Å². The van der Waals surface area contributed by atoms with Gasteiger partial charge in [0.05, 0.1) is 0 Å². The third-order valence-electron chi connectivity index (χ3n) is 3.36. The molecule has 3 heteroatoms. The monoisotopic (exact) mass is 212 g/mol. The molecule has 2 saturated carbocycles. The lowest BCUT2D eigenvalue weighted by Crippen LogP contribution is -2.42. The predicted molar refractivity (Wildman–Crippen MR) is 63.3 cm³/mol. The summed E-state index contributed by atoms with van der Waals surface area (Å²) in [5.74, 6) is 1.01. The van der Waals surface area contributed by atoms with E-state index in [2.05, 4.69) is 24.5 Å². The molecule has 0 aromatic heterocycles. The molecule has 2 nitrogen and oxygen atoms in total. The van der Waals surface area contributed by atoms with Gasteiger partial charge in [0, 0.05) is 12.6 Å². The van der Waals surface area contributed by atoms with Crippen molar-refractivity contribution in [3.8, 4) is 0 Å². The number of thiocarbonyl (C=S) groups is 1. The van der Waals surface area contributed by atoms with Crippen LogP contribution in [-0.4, -0.2) is 17.7 Å². The third kappa shape index (κ3) is 2.38. The highest BCUT2D eigenvalue weighted by molar-refractivity contribution is 7.80. The number of hydrogen-bond donors (Lipinski definition) is 2. The van der Waals surface area contributed by atoms with E-state index in [1.807, 2.05) is 0 Å². The van der Waals surface area contributed by atoms with E-state index in [4.69, 9.17) is 12.2 Å². The van der Waals surface area contributed by atoms with Crippen molar-refractivity contribution in [3.63, 3.8) is 0 Å². The first-order valence-electron chi connectivity index (χ1n) is 5.67. The average Bonchev–Trinajstić information content (AvgIpc) is 2.94. The summed E-state index contributed by atoms with van der Waals surface area (Å²) in [6.45, 7) is 5.32. The largest absolute Gasteiger partial charge is 0.362 e. The van der Waals surface area contributed by atoms with Crippen molar-refractivity contribution < 1.29 is 0 Å². The highest BCUT2D eigenvalue weighted by Gasteiger charge is 2.53. The standard InChI is InChI=1S/C11H20N2S/c1-8(2)13-10(14)12-7-11(5-6-11)9-3-4-9/h8-9H,3-7H2,1-2H3,(H2,12,13,14). The lowest BCUT2D eigenvalue weighted by atomic mass is 10.0. The Morgan fingerprint density at radius 2 is 2.07 bits per heavy atom. The van der Waals surface area contributed by atoms with Gasteiger partial charge in [-0.15, -0.1) is 0 Å². The van der Waals surface area contributed by atoms with Gasteiger partial charge >= 0.3 is 0 Å². The van der Waals surface area contributed by atoms with Gasteiger partial charge in [-0.1, -0.05) is 0 Å². The van der Waals surface area contributed by atoms with Crippen LogP contribution in [-0.2, 0) is 0 Å². The first-order chi connectivity index (χ1) is 6.62. The fourth-order valence-electron chi connectivity index (χ4n) is 2.16. The molecule has 2 fully saturated rings. The molecule has 14 heavy (non-hydrogen) atoms. The summed E-state index contributed by atoms with van der Waals surface area (Å²) in [7, 11) is 0. The molecular formula is C11H20N2S. The zero-order valence-corrected chi connectivity index (χ0v) is 9.91. The van der Waals surface area contributed by atoms with Crippen LogP contribution in [0.15, 0.2) is 0 Å². The molecule has 2 aliphatic rings. The summed E-state index contributed by atoms with van der Waals surface area (Å²) in [5, 5.41) is 7.41. The van der Waals surface area contributed by atoms with E-state index in [-0.39, 0.29) is 0 Å². The van der Waals surface area contributed by atoms with Crippen LogP contribution in [0.25, 0.3) is 0 Å². The average molecular weight is 212 g/mol. The number of nitrogens with one attached hydrogen (secondary N) is 2. The van der Waals surface area contributed by atoms with Crippen LogP contribution >= 0.6 is 12.2 Å². The summed E-state index contributed by atoms with van der Waals surface area (Å²) in [6, 6.07) is 0.436. The highest BCUT2D eigenvalue weighted by atomic mass is 32.1. The second-order valence-electron chi connectivity index (χ2n) is 5.12. The molecule has 0 unspecified atom stereocenters. The van der Waals surface area contributed by atoms with Crippen molar-refractivity contribution in [2.24, 2.45) is 11.3 Å². The fourth-order valence-corrected chi connectivity index (χ4v) is 2.46. The van der Waals surface area contributed by atoms with Gasteiger partial charge in [-0.2, -0.15) is 0 Å². The minimum Gasteiger partial charge on any atom is -0.362 e. The van der Waals surface area contributed by atoms with Gasteiger partial charge in [0.2, 0.25) is 0 Å². The maximum Gasteiger partial charge on any atom is 0.166 e. The first kappa shape index (κ1) is 10.2. The molecule has 0 aliphatic heterocycles. The SMILES string of the molecule is CC(C)NC(=S)NCC1(C2CC2)CC1. The van der Waals surface area contributed by atoms with Gasteiger partial charge < -0.3 is 10.6 Å². The van der Waals surface area contributed by atoms with E-state index < -0.39 is 0 Å². The van der Waals surface area contributed by atoms with Crippen molar-refractivity contribution >= 4 is 17.3 Å². The van der Waals surface area contributed by atoms with E-state index in [0.717, 1.165) is 17.6 Å². The van der Waals surface area contributed by atoms with Gasteiger partial charge in [-0.3, -0.25) is 0 Å². The van der Waals surface area contributed by atoms with Crippen molar-refractivity contribution in [2.45, 2.75) is 45.6 Å². The lowest BCUT2D eigenvalue weighted by molar-refractivity contribution is 0.432. The van der Waals surface area contributed by atoms with E-state index >= 15 is 0 Å². The van der Waals surface area contributed by atoms with E-state index in [0.29, 0.717) is 11.5 Å². The first-order valence-corrected chi connectivity index (χ1v) is 6.08. The smallest absolute Gasteiger partial charge is 0.166 e. The van der Waals surface area contributed by atoms with Gasteiger partial charge in [0.25, 0.3) is 0 Å². The summed E-state index contributed by atoms with van der Waals surface area (Å²) in [6.07, 6.45) is 5.72. The summed E-state index contributed by atoms with van der Waals surface area (Å²) >= 11 is 5.21. The van der Waals surface area contributed by atoms with Crippen molar-refractivity contribution in [2.75, 3.05) is 6.54 Å². The Balaban J connectivity index is 1.69. The second-order valence-corrected chi connectivity index (χ2v) is 5.53. The molecule has 0 aromatic rings. The molecule has 2 N–H and O–H groups in total. The predicted octanol–water partition coefficient (Wildman–Crippen LogP) is 2.05. The van der Waals surface area contributed by atoms with Crippen LogP contribution < -0.4 is 10.6 Å². The van der Waals surface area contributed by atoms with Crippen LogP contribution in [0.2, 0.25) is 0 Å². The quantitative estimate of drug-likeness (QED) is 0.697. The minimum absolute atomic E-state index is 0.436. The normalized spacial score (nSPS) is 23.4. The molecule has 0 heterocycles. The molecule has 0 spiro atoms. The van der Waals surface area contributed by atoms with Gasteiger partial charge in [-0.05, 0) is 63.1 Å². The Morgan fingerprint density at radius 1 is 1.43 bits per heavy atom. The Morgan fingerprint density at radius 3 is 2.50 bits per heavy atom. The van der Waals surface area contributed by atoms with Crippen LogP contribution in [0, 0.1) is 11.3 Å². The number of hydrogen-bond acceptors (Lipinski definition) is 1.